The molecule has 24 heavy (non-hydrogen) atoms. The maximum Gasteiger partial charge on any atom is 0.289 e. The first-order chi connectivity index (χ1) is 11.5. The number of halogens is 1. The molecule has 1 heterocycles. The second kappa shape index (κ2) is 5.64. The molecule has 0 unspecified atom stereocenters. The van der Waals surface area contributed by atoms with Gasteiger partial charge in [-0.3, -0.25) is 5.73 Å². The number of allylic oxidation sites excluding steroid dienone is 3. The number of benzene rings is 1. The third-order valence-corrected chi connectivity index (χ3v) is 4.21. The molecule has 5 heteroatoms. The molecule has 4 nitrogen and oxygen atoms in total. The fourth-order valence-electron chi connectivity index (χ4n) is 3.04. The van der Waals surface area contributed by atoms with Gasteiger partial charge < -0.3 is 0 Å². The van der Waals surface area contributed by atoms with E-state index in [-0.39, 0.29) is 11.6 Å². The van der Waals surface area contributed by atoms with Gasteiger partial charge in [0.2, 0.25) is 0 Å². The number of hydrogen-bond donors (Lipinski definition) is 1. The Bertz CT molecular complexity index is 1020. The quantitative estimate of drug-likeness (QED) is 0.875. The average molecular weight is 317 g/mol. The Labute approximate surface area is 139 Å². The lowest BCUT2D eigenvalue weighted by molar-refractivity contribution is -0.364. The Morgan fingerprint density at radius 2 is 1.96 bits per heavy atom. The molecule has 1 aliphatic rings. The summed E-state index contributed by atoms with van der Waals surface area (Å²) in [6.45, 7) is 3.63. The van der Waals surface area contributed by atoms with Gasteiger partial charge >= 0.3 is 0 Å². The van der Waals surface area contributed by atoms with Crippen LogP contribution in [0.4, 0.5) is 10.2 Å². The molecule has 2 aromatic rings. The van der Waals surface area contributed by atoms with Crippen molar-refractivity contribution < 1.29 is 9.37 Å². The van der Waals surface area contributed by atoms with Crippen LogP contribution in [0.5, 0.6) is 0 Å². The Morgan fingerprint density at radius 3 is 2.58 bits per heavy atom. The van der Waals surface area contributed by atoms with Crippen LogP contribution in [-0.4, -0.2) is 0 Å². The molecule has 0 aliphatic heterocycles. The third-order valence-electron chi connectivity index (χ3n) is 4.21. The molecule has 1 aromatic carbocycles. The Kier molecular flexibility index (Phi) is 3.63. The molecule has 0 atom stereocenters. The molecule has 116 valence electrons. The number of nitrogen functional groups attached to an aromatic ring is 1. The number of nitrogens with one attached hydrogen (secondary N) is 1. The normalized spacial score (nSPS) is 14.5. The second-order valence-corrected chi connectivity index (χ2v) is 5.63. The molecule has 0 saturated carbocycles. The molecule has 3 rings (SSSR count). The van der Waals surface area contributed by atoms with E-state index in [4.69, 9.17) is 5.73 Å². The highest BCUT2D eigenvalue weighted by Crippen LogP contribution is 2.42. The summed E-state index contributed by atoms with van der Waals surface area (Å²) in [6.07, 6.45) is 1.82. The minimum atomic E-state index is -0.331. The molecule has 1 aromatic heterocycles. The molecule has 0 bridgehead atoms. The van der Waals surface area contributed by atoms with Gasteiger partial charge in [-0.25, -0.2) is 9.37 Å². The predicted octanol–water partition coefficient (Wildman–Crippen LogP) is 3.25. The molecular formula is C19H14FN4+. The summed E-state index contributed by atoms with van der Waals surface area (Å²) >= 11 is 0. The summed E-state index contributed by atoms with van der Waals surface area (Å²) in [5.41, 5.74) is 11.1. The Balaban J connectivity index is 2.34. The van der Waals surface area contributed by atoms with Crippen molar-refractivity contribution in [3.05, 3.63) is 63.6 Å². The summed E-state index contributed by atoms with van der Waals surface area (Å²) in [6, 6.07) is 10.5. The number of hydrogen-bond acceptors (Lipinski definition) is 3. The predicted molar refractivity (Wildman–Crippen MR) is 89.3 cm³/mol. The van der Waals surface area contributed by atoms with Crippen molar-refractivity contribution >= 4 is 23.0 Å². The zero-order valence-electron chi connectivity index (χ0n) is 13.2. The van der Waals surface area contributed by atoms with Crippen LogP contribution in [0.15, 0.2) is 29.8 Å². The van der Waals surface area contributed by atoms with Crippen molar-refractivity contribution in [3.63, 3.8) is 0 Å². The molecule has 0 fully saturated rings. The van der Waals surface area contributed by atoms with Crippen LogP contribution in [-0.2, 0) is 0 Å². The minimum absolute atomic E-state index is 0.237. The zero-order chi connectivity index (χ0) is 17.4. The number of aromatic nitrogens is 1. The molecule has 0 spiro atoms. The van der Waals surface area contributed by atoms with Gasteiger partial charge in [0.25, 0.3) is 5.82 Å². The zero-order valence-corrected chi connectivity index (χ0v) is 13.2. The highest BCUT2D eigenvalue weighted by Gasteiger charge is 2.32. The largest absolute Gasteiger partial charge is 0.289 e. The molecule has 0 radical (unpaired) electrons. The van der Waals surface area contributed by atoms with Crippen molar-refractivity contribution in [2.24, 2.45) is 0 Å². The van der Waals surface area contributed by atoms with Crippen LogP contribution in [0.1, 0.15) is 34.9 Å². The van der Waals surface area contributed by atoms with Crippen molar-refractivity contribution in [1.82, 2.24) is 0 Å². The number of nitrogens with zero attached hydrogens (tertiary/aromatic N) is 2. The maximum atomic E-state index is 13.5. The number of pyridine rings is 1. The topological polar surface area (TPSA) is 87.7 Å². The van der Waals surface area contributed by atoms with Gasteiger partial charge in [-0.15, -0.1) is 0 Å². The molecule has 0 amide bonds. The Hall–Kier alpha value is -3.44. The first-order valence-electron chi connectivity index (χ1n) is 7.32. The van der Waals surface area contributed by atoms with Crippen LogP contribution in [0.3, 0.4) is 0 Å². The van der Waals surface area contributed by atoms with E-state index in [1.807, 2.05) is 13.0 Å². The Morgan fingerprint density at radius 1 is 1.21 bits per heavy atom. The molecular weight excluding hydrogens is 303 g/mol. The lowest BCUT2D eigenvalue weighted by atomic mass is 9.95. The molecule has 0 saturated heterocycles. The average Bonchev–Trinajstić information content (AvgIpc) is 2.79. The smallest absolute Gasteiger partial charge is 0.286 e. The van der Waals surface area contributed by atoms with Crippen LogP contribution < -0.4 is 10.7 Å². The van der Waals surface area contributed by atoms with Crippen molar-refractivity contribution in [1.29, 1.82) is 10.5 Å². The van der Waals surface area contributed by atoms with Gasteiger partial charge in [-0.2, -0.15) is 10.5 Å². The summed E-state index contributed by atoms with van der Waals surface area (Å²) in [5, 5.41) is 18.8. The summed E-state index contributed by atoms with van der Waals surface area (Å²) < 4.78 is 13.5. The van der Waals surface area contributed by atoms with Crippen molar-refractivity contribution in [3.8, 4) is 12.1 Å². The summed E-state index contributed by atoms with van der Waals surface area (Å²) in [4.78, 5) is 2.97. The van der Waals surface area contributed by atoms with Gasteiger partial charge in [-0.05, 0) is 54.3 Å². The first kappa shape index (κ1) is 15.5. The summed E-state index contributed by atoms with van der Waals surface area (Å²) in [5.74, 6) is -0.0932. The standard InChI is InChI=1S/C19H13FN4/c1-10-14(7-12-4-3-5-13(20)6-12)17-11(2)16(9-22)19(23)24-18(17)15(10)8-21/h3-7H,1-2H3,(H2,23,24)/p+1. The monoisotopic (exact) mass is 317 g/mol. The van der Waals surface area contributed by atoms with Crippen LogP contribution in [0, 0.1) is 35.4 Å². The highest BCUT2D eigenvalue weighted by atomic mass is 19.1. The van der Waals surface area contributed by atoms with E-state index >= 15 is 0 Å². The van der Waals surface area contributed by atoms with Crippen LogP contribution in [0.2, 0.25) is 0 Å². The van der Waals surface area contributed by atoms with Crippen LogP contribution in [0.25, 0.3) is 17.2 Å². The van der Waals surface area contributed by atoms with Crippen LogP contribution >= 0.6 is 0 Å². The van der Waals surface area contributed by atoms with E-state index in [9.17, 15) is 14.9 Å². The summed E-state index contributed by atoms with van der Waals surface area (Å²) in [7, 11) is 0. The fourth-order valence-corrected chi connectivity index (χ4v) is 3.04. The SMILES string of the molecule is CC1=C(C#N)c2[nH+]c(N)c(C#N)c(C)c2C1=Cc1cccc(F)c1. The lowest BCUT2D eigenvalue weighted by Gasteiger charge is -2.08. The number of fused-ring (bicyclic) bond motifs is 1. The number of anilines is 1. The maximum absolute atomic E-state index is 13.5. The lowest BCUT2D eigenvalue weighted by Crippen LogP contribution is -2.20. The van der Waals surface area contributed by atoms with Gasteiger partial charge in [0.1, 0.15) is 29.1 Å². The third kappa shape index (κ3) is 2.24. The van der Waals surface area contributed by atoms with Gasteiger partial charge in [0, 0.05) is 5.56 Å². The molecule has 1 aliphatic carbocycles. The number of nitrogens with two attached hydrogens (primary N) is 1. The number of H-pyrrole nitrogens is 1. The fraction of sp³-hybridized carbons (Fsp3) is 0.105. The van der Waals surface area contributed by atoms with E-state index in [1.54, 1.807) is 19.1 Å². The number of aromatic amines is 1. The van der Waals surface area contributed by atoms with Crippen molar-refractivity contribution in [2.75, 3.05) is 5.73 Å². The number of nitriles is 2. The minimum Gasteiger partial charge on any atom is -0.286 e. The highest BCUT2D eigenvalue weighted by molar-refractivity contribution is 6.07. The van der Waals surface area contributed by atoms with E-state index in [2.05, 4.69) is 17.1 Å². The second-order valence-electron chi connectivity index (χ2n) is 5.63. The number of rotatable bonds is 1. The van der Waals surface area contributed by atoms with Gasteiger partial charge in [0.05, 0.1) is 0 Å². The first-order valence-corrected chi connectivity index (χ1v) is 7.32. The van der Waals surface area contributed by atoms with E-state index in [0.717, 1.165) is 16.7 Å². The van der Waals surface area contributed by atoms with Gasteiger partial charge in [0.15, 0.2) is 5.69 Å². The van der Waals surface area contributed by atoms with E-state index in [1.165, 1.54) is 12.1 Å². The van der Waals surface area contributed by atoms with E-state index in [0.29, 0.717) is 28.0 Å². The van der Waals surface area contributed by atoms with Crippen molar-refractivity contribution in [2.45, 2.75) is 13.8 Å². The van der Waals surface area contributed by atoms with E-state index < -0.39 is 0 Å². The van der Waals surface area contributed by atoms with Gasteiger partial charge in [-0.1, -0.05) is 12.1 Å². The molecule has 3 N–H and O–H groups in total.